The lowest BCUT2D eigenvalue weighted by molar-refractivity contribution is -0.116. The van der Waals surface area contributed by atoms with Gasteiger partial charge in [-0.1, -0.05) is 25.1 Å². The van der Waals surface area contributed by atoms with E-state index in [1.807, 2.05) is 59.3 Å². The van der Waals surface area contributed by atoms with Crippen molar-refractivity contribution < 1.29 is 9.53 Å². The lowest BCUT2D eigenvalue weighted by Crippen LogP contribution is -2.23. The molecule has 0 fully saturated rings. The number of rotatable bonds is 8. The average molecular weight is 349 g/mol. The smallest absolute Gasteiger partial charge is 0.244 e. The van der Waals surface area contributed by atoms with Crippen molar-refractivity contribution in [3.05, 3.63) is 72.2 Å². The maximum absolute atomic E-state index is 11.9. The third-order valence-electron chi connectivity index (χ3n) is 3.87. The molecule has 0 saturated heterocycles. The minimum absolute atomic E-state index is 0.111. The predicted molar refractivity (Wildman–Crippen MR) is 103 cm³/mol. The van der Waals surface area contributed by atoms with Gasteiger partial charge >= 0.3 is 0 Å². The van der Waals surface area contributed by atoms with E-state index in [0.717, 1.165) is 29.1 Å². The summed E-state index contributed by atoms with van der Waals surface area (Å²) >= 11 is 0. The first-order valence-electron chi connectivity index (χ1n) is 8.86. The zero-order valence-electron chi connectivity index (χ0n) is 14.9. The first kappa shape index (κ1) is 17.7. The van der Waals surface area contributed by atoms with Gasteiger partial charge in [-0.2, -0.15) is 0 Å². The van der Waals surface area contributed by atoms with Crippen molar-refractivity contribution in [3.63, 3.8) is 0 Å². The fraction of sp³-hybridized carbons (Fsp3) is 0.238. The number of imidazole rings is 1. The molecule has 134 valence electrons. The molecule has 0 radical (unpaired) electrons. The zero-order chi connectivity index (χ0) is 18.2. The fourth-order valence-electron chi connectivity index (χ4n) is 2.55. The van der Waals surface area contributed by atoms with E-state index in [-0.39, 0.29) is 5.91 Å². The Kier molecular flexibility index (Phi) is 6.04. The largest absolute Gasteiger partial charge is 0.494 e. The molecule has 1 N–H and O–H groups in total. The topological polar surface area (TPSA) is 55.6 Å². The van der Waals surface area contributed by atoms with Gasteiger partial charge in [0.2, 0.25) is 5.91 Å². The Morgan fingerprint density at radius 2 is 2.08 bits per heavy atom. The molecule has 0 atom stereocenters. The van der Waals surface area contributed by atoms with Gasteiger partial charge in [-0.15, -0.1) is 0 Å². The lowest BCUT2D eigenvalue weighted by Gasteiger charge is -2.04. The van der Waals surface area contributed by atoms with Crippen molar-refractivity contribution in [2.24, 2.45) is 0 Å². The van der Waals surface area contributed by atoms with Gasteiger partial charge in [0.15, 0.2) is 0 Å². The quantitative estimate of drug-likeness (QED) is 0.633. The second-order valence-electron chi connectivity index (χ2n) is 5.99. The molecule has 1 amide bonds. The van der Waals surface area contributed by atoms with E-state index in [0.29, 0.717) is 19.6 Å². The number of amides is 1. The number of carbonyl (C=O) groups is 1. The number of carbonyl (C=O) groups excluding carboxylic acids is 1. The first-order chi connectivity index (χ1) is 12.7. The molecule has 0 aliphatic rings. The zero-order valence-corrected chi connectivity index (χ0v) is 14.9. The van der Waals surface area contributed by atoms with E-state index in [2.05, 4.69) is 17.2 Å². The number of hydrogen-bond donors (Lipinski definition) is 1. The van der Waals surface area contributed by atoms with Crippen LogP contribution >= 0.6 is 0 Å². The van der Waals surface area contributed by atoms with Crippen molar-refractivity contribution in [3.8, 4) is 5.75 Å². The normalized spacial score (nSPS) is 11.1. The Bertz CT molecular complexity index is 849. The minimum Gasteiger partial charge on any atom is -0.494 e. The van der Waals surface area contributed by atoms with Gasteiger partial charge in [0.25, 0.3) is 0 Å². The molecule has 2 aromatic heterocycles. The maximum Gasteiger partial charge on any atom is 0.244 e. The van der Waals surface area contributed by atoms with Crippen molar-refractivity contribution in [2.75, 3.05) is 13.2 Å². The fourth-order valence-corrected chi connectivity index (χ4v) is 2.55. The van der Waals surface area contributed by atoms with E-state index in [9.17, 15) is 4.79 Å². The number of hydrogen-bond acceptors (Lipinski definition) is 3. The van der Waals surface area contributed by atoms with Crippen LogP contribution in [-0.4, -0.2) is 28.4 Å². The van der Waals surface area contributed by atoms with Crippen LogP contribution in [0.5, 0.6) is 5.75 Å². The minimum atomic E-state index is -0.111. The van der Waals surface area contributed by atoms with Gasteiger partial charge in [0, 0.05) is 31.4 Å². The molecule has 0 spiro atoms. The molecular weight excluding hydrogens is 326 g/mol. The standard InChI is InChI=1S/C21H23N3O2/c1-2-15-26-19-9-6-17(7-10-19)8-11-21(25)22-13-12-18-16-24-14-4-3-5-20(24)23-18/h3-11,14,16H,2,12-13,15H2,1H3,(H,22,25)/b11-8+. The summed E-state index contributed by atoms with van der Waals surface area (Å²) in [6, 6.07) is 13.6. The lowest BCUT2D eigenvalue weighted by atomic mass is 10.2. The van der Waals surface area contributed by atoms with Crippen LogP contribution in [0.3, 0.4) is 0 Å². The molecule has 0 aliphatic carbocycles. The Morgan fingerprint density at radius 3 is 2.85 bits per heavy atom. The monoisotopic (exact) mass is 349 g/mol. The Hall–Kier alpha value is -3.08. The molecule has 2 heterocycles. The third-order valence-corrected chi connectivity index (χ3v) is 3.87. The number of aromatic nitrogens is 2. The number of ether oxygens (including phenoxy) is 1. The molecule has 0 aliphatic heterocycles. The van der Waals surface area contributed by atoms with E-state index in [4.69, 9.17) is 4.74 Å². The van der Waals surface area contributed by atoms with Crippen LogP contribution in [-0.2, 0) is 11.2 Å². The highest BCUT2D eigenvalue weighted by molar-refractivity contribution is 5.91. The summed E-state index contributed by atoms with van der Waals surface area (Å²) in [6.07, 6.45) is 8.97. The molecular formula is C21H23N3O2. The van der Waals surface area contributed by atoms with Gasteiger partial charge in [0.1, 0.15) is 11.4 Å². The van der Waals surface area contributed by atoms with Crippen LogP contribution in [0.15, 0.2) is 60.9 Å². The highest BCUT2D eigenvalue weighted by Crippen LogP contribution is 2.13. The number of pyridine rings is 1. The predicted octanol–water partition coefficient (Wildman–Crippen LogP) is 3.50. The highest BCUT2D eigenvalue weighted by Gasteiger charge is 2.02. The van der Waals surface area contributed by atoms with Crippen molar-refractivity contribution in [1.29, 1.82) is 0 Å². The van der Waals surface area contributed by atoms with E-state index < -0.39 is 0 Å². The van der Waals surface area contributed by atoms with Crippen LogP contribution in [0.1, 0.15) is 24.6 Å². The van der Waals surface area contributed by atoms with Gasteiger partial charge in [-0.3, -0.25) is 4.79 Å². The second kappa shape index (κ2) is 8.85. The van der Waals surface area contributed by atoms with Crippen LogP contribution in [0.4, 0.5) is 0 Å². The Labute approximate surface area is 153 Å². The average Bonchev–Trinajstić information content (AvgIpc) is 3.08. The summed E-state index contributed by atoms with van der Waals surface area (Å²) < 4.78 is 7.52. The van der Waals surface area contributed by atoms with Gasteiger partial charge in [-0.05, 0) is 42.3 Å². The third kappa shape index (κ3) is 4.96. The van der Waals surface area contributed by atoms with Gasteiger partial charge in [0.05, 0.1) is 12.3 Å². The highest BCUT2D eigenvalue weighted by atomic mass is 16.5. The Morgan fingerprint density at radius 1 is 1.23 bits per heavy atom. The summed E-state index contributed by atoms with van der Waals surface area (Å²) in [4.78, 5) is 16.5. The molecule has 3 aromatic rings. The first-order valence-corrected chi connectivity index (χ1v) is 8.86. The van der Waals surface area contributed by atoms with Gasteiger partial charge < -0.3 is 14.5 Å². The molecule has 26 heavy (non-hydrogen) atoms. The van der Waals surface area contributed by atoms with E-state index in [1.165, 1.54) is 0 Å². The van der Waals surface area contributed by atoms with Crippen LogP contribution in [0.25, 0.3) is 11.7 Å². The summed E-state index contributed by atoms with van der Waals surface area (Å²) in [5, 5.41) is 2.89. The van der Waals surface area contributed by atoms with E-state index in [1.54, 1.807) is 12.2 Å². The number of nitrogens with one attached hydrogen (secondary N) is 1. The SMILES string of the molecule is CCCOc1ccc(/C=C/C(=O)NCCc2cn3ccccc3n2)cc1. The molecule has 0 bridgehead atoms. The van der Waals surface area contributed by atoms with Crippen molar-refractivity contribution in [1.82, 2.24) is 14.7 Å². The molecule has 0 unspecified atom stereocenters. The second-order valence-corrected chi connectivity index (χ2v) is 5.99. The number of nitrogens with zero attached hydrogens (tertiary/aromatic N) is 2. The van der Waals surface area contributed by atoms with Crippen molar-refractivity contribution >= 4 is 17.6 Å². The van der Waals surface area contributed by atoms with Crippen LogP contribution < -0.4 is 10.1 Å². The Balaban J connectivity index is 1.45. The van der Waals surface area contributed by atoms with Crippen molar-refractivity contribution in [2.45, 2.75) is 19.8 Å². The summed E-state index contributed by atoms with van der Waals surface area (Å²) in [7, 11) is 0. The van der Waals surface area contributed by atoms with Crippen LogP contribution in [0, 0.1) is 0 Å². The van der Waals surface area contributed by atoms with E-state index >= 15 is 0 Å². The summed E-state index contributed by atoms with van der Waals surface area (Å²) in [6.45, 7) is 3.34. The molecule has 3 rings (SSSR count). The molecule has 1 aromatic carbocycles. The maximum atomic E-state index is 11.9. The van der Waals surface area contributed by atoms with Gasteiger partial charge in [-0.25, -0.2) is 4.98 Å². The molecule has 5 nitrogen and oxygen atoms in total. The summed E-state index contributed by atoms with van der Waals surface area (Å²) in [5.74, 6) is 0.737. The molecule has 5 heteroatoms. The molecule has 0 saturated carbocycles. The number of benzene rings is 1. The number of fused-ring (bicyclic) bond motifs is 1. The van der Waals surface area contributed by atoms with Crippen LogP contribution in [0.2, 0.25) is 0 Å². The summed E-state index contributed by atoms with van der Waals surface area (Å²) in [5.41, 5.74) is 2.84.